The molecule has 0 radical (unpaired) electrons. The first-order valence-electron chi connectivity index (χ1n) is 7.16. The number of hydrogen-bond donors (Lipinski definition) is 1. The zero-order valence-corrected chi connectivity index (χ0v) is 12.7. The van der Waals surface area contributed by atoms with Crippen LogP contribution in [0.2, 0.25) is 0 Å². The summed E-state index contributed by atoms with van der Waals surface area (Å²) in [5, 5.41) is 6.20. The number of aromatic nitrogens is 2. The van der Waals surface area contributed by atoms with Gasteiger partial charge in [-0.05, 0) is 13.0 Å². The van der Waals surface area contributed by atoms with Gasteiger partial charge in [-0.15, -0.1) is 0 Å². The van der Waals surface area contributed by atoms with Gasteiger partial charge in [0.2, 0.25) is 5.82 Å². The largest absolute Gasteiger partial charge is 0.344 e. The summed E-state index contributed by atoms with van der Waals surface area (Å²) in [5.41, 5.74) is 1.96. The third kappa shape index (κ3) is 3.45. The average Bonchev–Trinajstić information content (AvgIpc) is 3.04. The molecule has 3 rings (SSSR count). The Morgan fingerprint density at radius 1 is 1.17 bits per heavy atom. The molecule has 0 atom stereocenters. The molecule has 1 N–H and O–H groups in total. The predicted octanol–water partition coefficient (Wildman–Crippen LogP) is 3.25. The molecule has 24 heavy (non-hydrogen) atoms. The SMILES string of the molecule is Cc1ccc(-c2noc(C(=O)NCc3ccc(F)cc3F)n2)cc1. The van der Waals surface area contributed by atoms with Gasteiger partial charge in [0, 0.05) is 23.7 Å². The first-order chi connectivity index (χ1) is 11.5. The number of halogens is 2. The van der Waals surface area contributed by atoms with Crippen LogP contribution in [0.15, 0.2) is 47.0 Å². The molecule has 1 heterocycles. The van der Waals surface area contributed by atoms with E-state index in [2.05, 4.69) is 15.5 Å². The fourth-order valence-corrected chi connectivity index (χ4v) is 2.05. The van der Waals surface area contributed by atoms with Gasteiger partial charge in [0.1, 0.15) is 11.6 Å². The molecule has 0 aliphatic carbocycles. The molecule has 2 aromatic carbocycles. The van der Waals surface area contributed by atoms with Crippen molar-refractivity contribution >= 4 is 5.91 Å². The van der Waals surface area contributed by atoms with E-state index < -0.39 is 17.5 Å². The van der Waals surface area contributed by atoms with Gasteiger partial charge in [-0.25, -0.2) is 8.78 Å². The minimum absolute atomic E-state index is 0.118. The number of aryl methyl sites for hydroxylation is 1. The van der Waals surface area contributed by atoms with Gasteiger partial charge >= 0.3 is 11.8 Å². The summed E-state index contributed by atoms with van der Waals surface area (Å²) in [6.45, 7) is 1.83. The minimum Gasteiger partial charge on any atom is -0.344 e. The van der Waals surface area contributed by atoms with E-state index in [1.165, 1.54) is 6.07 Å². The molecule has 1 aromatic heterocycles. The van der Waals surface area contributed by atoms with E-state index in [9.17, 15) is 13.6 Å². The molecule has 7 heteroatoms. The Hall–Kier alpha value is -3.09. The second-order valence-electron chi connectivity index (χ2n) is 5.21. The summed E-state index contributed by atoms with van der Waals surface area (Å²) in [4.78, 5) is 16.0. The maximum absolute atomic E-state index is 13.5. The van der Waals surface area contributed by atoms with Crippen molar-refractivity contribution in [3.8, 4) is 11.4 Å². The van der Waals surface area contributed by atoms with Crippen LogP contribution in [0, 0.1) is 18.6 Å². The van der Waals surface area contributed by atoms with Gasteiger partial charge in [0.15, 0.2) is 0 Å². The fraction of sp³-hybridized carbons (Fsp3) is 0.118. The maximum atomic E-state index is 13.5. The van der Waals surface area contributed by atoms with Crippen molar-refractivity contribution < 1.29 is 18.1 Å². The first kappa shape index (κ1) is 15.8. The number of amides is 1. The molecule has 122 valence electrons. The molecule has 0 unspecified atom stereocenters. The normalized spacial score (nSPS) is 10.6. The lowest BCUT2D eigenvalue weighted by molar-refractivity contribution is 0.0906. The van der Waals surface area contributed by atoms with E-state index in [-0.39, 0.29) is 23.8 Å². The summed E-state index contributed by atoms with van der Waals surface area (Å²) in [6.07, 6.45) is 0. The molecule has 0 saturated carbocycles. The van der Waals surface area contributed by atoms with E-state index in [4.69, 9.17) is 4.52 Å². The molecule has 0 fully saturated rings. The van der Waals surface area contributed by atoms with Crippen LogP contribution in [0.5, 0.6) is 0 Å². The Morgan fingerprint density at radius 2 is 1.92 bits per heavy atom. The minimum atomic E-state index is -0.735. The molecule has 3 aromatic rings. The topological polar surface area (TPSA) is 68.0 Å². The van der Waals surface area contributed by atoms with E-state index in [0.29, 0.717) is 5.56 Å². The van der Waals surface area contributed by atoms with E-state index in [1.807, 2.05) is 31.2 Å². The van der Waals surface area contributed by atoms with Crippen LogP contribution in [-0.2, 0) is 6.54 Å². The van der Waals surface area contributed by atoms with E-state index in [0.717, 1.165) is 17.7 Å². The Morgan fingerprint density at radius 3 is 2.62 bits per heavy atom. The monoisotopic (exact) mass is 329 g/mol. The summed E-state index contributed by atoms with van der Waals surface area (Å²) < 4.78 is 31.3. The van der Waals surface area contributed by atoms with E-state index >= 15 is 0 Å². The van der Waals surface area contributed by atoms with Crippen LogP contribution < -0.4 is 5.32 Å². The Balaban J connectivity index is 1.68. The quantitative estimate of drug-likeness (QED) is 0.798. The van der Waals surface area contributed by atoms with Gasteiger partial charge in [-0.1, -0.05) is 41.1 Å². The third-order valence-electron chi connectivity index (χ3n) is 3.38. The van der Waals surface area contributed by atoms with Gasteiger partial charge in [-0.3, -0.25) is 4.79 Å². The number of nitrogens with zero attached hydrogens (tertiary/aromatic N) is 2. The van der Waals surface area contributed by atoms with Crippen molar-refractivity contribution in [3.63, 3.8) is 0 Å². The first-order valence-corrected chi connectivity index (χ1v) is 7.16. The second-order valence-corrected chi connectivity index (χ2v) is 5.21. The number of nitrogens with one attached hydrogen (secondary N) is 1. The second kappa shape index (κ2) is 6.57. The molecule has 0 aliphatic rings. The van der Waals surface area contributed by atoms with Crippen molar-refractivity contribution in [2.24, 2.45) is 0 Å². The van der Waals surface area contributed by atoms with Gasteiger partial charge < -0.3 is 9.84 Å². The number of rotatable bonds is 4. The van der Waals surface area contributed by atoms with Gasteiger partial charge in [-0.2, -0.15) is 4.98 Å². The summed E-state index contributed by atoms with van der Waals surface area (Å²) in [6, 6.07) is 10.5. The predicted molar refractivity (Wildman–Crippen MR) is 82.0 cm³/mol. The standard InChI is InChI=1S/C17H13F2N3O2/c1-10-2-4-11(5-3-10)15-21-17(24-22-15)16(23)20-9-12-6-7-13(18)8-14(12)19/h2-8H,9H2,1H3,(H,20,23). The Labute approximate surface area is 136 Å². The molecule has 5 nitrogen and oxygen atoms in total. The van der Waals surface area contributed by atoms with Crippen LogP contribution >= 0.6 is 0 Å². The molecule has 1 amide bonds. The molecule has 0 aliphatic heterocycles. The van der Waals surface area contributed by atoms with Crippen LogP contribution in [0.4, 0.5) is 8.78 Å². The summed E-state index contributed by atoms with van der Waals surface area (Å²) >= 11 is 0. The fourth-order valence-electron chi connectivity index (χ4n) is 2.05. The maximum Gasteiger partial charge on any atom is 0.316 e. The van der Waals surface area contributed by atoms with Crippen molar-refractivity contribution in [3.05, 3.63) is 71.1 Å². The zero-order chi connectivity index (χ0) is 17.1. The molecule has 0 spiro atoms. The van der Waals surface area contributed by atoms with Crippen molar-refractivity contribution in [2.75, 3.05) is 0 Å². The third-order valence-corrected chi connectivity index (χ3v) is 3.38. The lowest BCUT2D eigenvalue weighted by Gasteiger charge is -2.03. The average molecular weight is 329 g/mol. The highest BCUT2D eigenvalue weighted by molar-refractivity contribution is 5.89. The van der Waals surface area contributed by atoms with Crippen molar-refractivity contribution in [2.45, 2.75) is 13.5 Å². The van der Waals surface area contributed by atoms with Crippen molar-refractivity contribution in [1.29, 1.82) is 0 Å². The summed E-state index contributed by atoms with van der Waals surface area (Å²) in [5.74, 6) is -1.99. The van der Waals surface area contributed by atoms with Gasteiger partial charge in [0.05, 0.1) is 0 Å². The summed E-state index contributed by atoms with van der Waals surface area (Å²) in [7, 11) is 0. The molecular weight excluding hydrogens is 316 g/mol. The highest BCUT2D eigenvalue weighted by Crippen LogP contribution is 2.16. The van der Waals surface area contributed by atoms with Crippen molar-refractivity contribution in [1.82, 2.24) is 15.5 Å². The smallest absolute Gasteiger partial charge is 0.316 e. The number of benzene rings is 2. The number of carbonyl (C=O) groups is 1. The number of hydrogen-bond acceptors (Lipinski definition) is 4. The highest BCUT2D eigenvalue weighted by Gasteiger charge is 2.16. The van der Waals surface area contributed by atoms with E-state index in [1.54, 1.807) is 0 Å². The lowest BCUT2D eigenvalue weighted by Crippen LogP contribution is -2.23. The Kier molecular flexibility index (Phi) is 4.33. The highest BCUT2D eigenvalue weighted by atomic mass is 19.1. The molecular formula is C17H13F2N3O2. The lowest BCUT2D eigenvalue weighted by atomic mass is 10.1. The van der Waals surface area contributed by atoms with Crippen LogP contribution in [0.1, 0.15) is 21.8 Å². The molecule has 0 bridgehead atoms. The zero-order valence-electron chi connectivity index (χ0n) is 12.7. The van der Waals surface area contributed by atoms with Crippen LogP contribution in [-0.4, -0.2) is 16.0 Å². The number of carbonyl (C=O) groups excluding carboxylic acids is 1. The Bertz CT molecular complexity index is 876. The van der Waals surface area contributed by atoms with Gasteiger partial charge in [0.25, 0.3) is 0 Å². The van der Waals surface area contributed by atoms with Crippen LogP contribution in [0.25, 0.3) is 11.4 Å². The van der Waals surface area contributed by atoms with Crippen LogP contribution in [0.3, 0.4) is 0 Å². The molecule has 0 saturated heterocycles.